The molecule has 4 aromatic rings. The Morgan fingerprint density at radius 1 is 0.875 bits per heavy atom. The van der Waals surface area contributed by atoms with Crippen LogP contribution in [0.4, 0.5) is 5.69 Å². The van der Waals surface area contributed by atoms with E-state index in [2.05, 4.69) is 4.98 Å². The number of hydrogen-bond donors (Lipinski definition) is 1. The van der Waals surface area contributed by atoms with E-state index in [-0.39, 0.29) is 11.4 Å². The van der Waals surface area contributed by atoms with Crippen LogP contribution in [0.5, 0.6) is 5.75 Å². The summed E-state index contributed by atoms with van der Waals surface area (Å²) in [7, 11) is 0. The quantitative estimate of drug-likeness (QED) is 0.331. The first kappa shape index (κ1) is 14.1. The molecule has 0 atom stereocenters. The molecule has 116 valence electrons. The van der Waals surface area contributed by atoms with E-state index < -0.39 is 4.92 Å². The van der Waals surface area contributed by atoms with Crippen molar-refractivity contribution in [1.82, 2.24) is 4.98 Å². The fourth-order valence-corrected chi connectivity index (χ4v) is 2.89. The number of fused-ring (bicyclic) bond motifs is 3. The molecule has 0 aliphatic carbocycles. The van der Waals surface area contributed by atoms with Crippen molar-refractivity contribution in [3.8, 4) is 16.9 Å². The summed E-state index contributed by atoms with van der Waals surface area (Å²) in [6.07, 6.45) is 1.66. The largest absolute Gasteiger partial charge is 0.507 e. The molecule has 4 rings (SSSR count). The minimum absolute atomic E-state index is 0.0402. The van der Waals surface area contributed by atoms with Gasteiger partial charge in [0.25, 0.3) is 5.69 Å². The highest BCUT2D eigenvalue weighted by atomic mass is 16.6. The first-order valence-corrected chi connectivity index (χ1v) is 7.39. The second-order valence-electron chi connectivity index (χ2n) is 5.54. The van der Waals surface area contributed by atoms with Gasteiger partial charge >= 0.3 is 0 Å². The van der Waals surface area contributed by atoms with Crippen LogP contribution in [0.15, 0.2) is 66.9 Å². The molecule has 0 aliphatic heterocycles. The molecule has 5 heteroatoms. The number of hydrogen-bond acceptors (Lipinski definition) is 4. The van der Waals surface area contributed by atoms with Gasteiger partial charge in [-0.15, -0.1) is 0 Å². The number of nitro groups is 1. The Morgan fingerprint density at radius 3 is 2.38 bits per heavy atom. The molecule has 1 heterocycles. The third-order valence-corrected chi connectivity index (χ3v) is 4.10. The lowest BCUT2D eigenvalue weighted by molar-refractivity contribution is -0.384. The molecule has 0 fully saturated rings. The van der Waals surface area contributed by atoms with Crippen LogP contribution in [-0.2, 0) is 0 Å². The number of nitrogens with zero attached hydrogens (tertiary/aromatic N) is 2. The molecule has 0 unspecified atom stereocenters. The monoisotopic (exact) mass is 316 g/mol. The van der Waals surface area contributed by atoms with E-state index in [0.717, 1.165) is 27.4 Å². The van der Waals surface area contributed by atoms with Crippen LogP contribution in [0, 0.1) is 10.1 Å². The first-order chi connectivity index (χ1) is 11.6. The van der Waals surface area contributed by atoms with Gasteiger partial charge in [-0.05, 0) is 46.8 Å². The van der Waals surface area contributed by atoms with Gasteiger partial charge in [-0.2, -0.15) is 0 Å². The minimum atomic E-state index is -0.430. The maximum Gasteiger partial charge on any atom is 0.269 e. The zero-order valence-corrected chi connectivity index (χ0v) is 12.5. The van der Waals surface area contributed by atoms with Gasteiger partial charge in [0, 0.05) is 29.1 Å². The second kappa shape index (κ2) is 5.31. The molecule has 0 saturated heterocycles. The van der Waals surface area contributed by atoms with Crippen molar-refractivity contribution in [3.05, 3.63) is 77.0 Å². The highest BCUT2D eigenvalue weighted by molar-refractivity contribution is 6.08. The van der Waals surface area contributed by atoms with E-state index in [1.54, 1.807) is 24.4 Å². The number of aromatic hydroxyl groups is 1. The summed E-state index contributed by atoms with van der Waals surface area (Å²) in [6, 6.07) is 17.6. The summed E-state index contributed by atoms with van der Waals surface area (Å²) in [6.45, 7) is 0. The first-order valence-electron chi connectivity index (χ1n) is 7.39. The Balaban J connectivity index is 1.96. The van der Waals surface area contributed by atoms with Crippen LogP contribution in [0.3, 0.4) is 0 Å². The van der Waals surface area contributed by atoms with E-state index in [1.807, 2.05) is 30.3 Å². The molecule has 0 spiro atoms. The van der Waals surface area contributed by atoms with Crippen LogP contribution in [0.1, 0.15) is 0 Å². The molecule has 1 N–H and O–H groups in total. The molecule has 1 aromatic heterocycles. The van der Waals surface area contributed by atoms with Crippen molar-refractivity contribution in [2.75, 3.05) is 0 Å². The Hall–Kier alpha value is -3.47. The summed E-state index contributed by atoms with van der Waals surface area (Å²) < 4.78 is 0. The number of nitro benzene ring substituents is 1. The van der Waals surface area contributed by atoms with Gasteiger partial charge in [0.05, 0.1) is 10.4 Å². The smallest absolute Gasteiger partial charge is 0.269 e. The molecule has 24 heavy (non-hydrogen) atoms. The summed E-state index contributed by atoms with van der Waals surface area (Å²) in [5.74, 6) is 0.138. The normalized spacial score (nSPS) is 11.0. The van der Waals surface area contributed by atoms with Crippen molar-refractivity contribution < 1.29 is 10.0 Å². The van der Waals surface area contributed by atoms with Crippen LogP contribution >= 0.6 is 0 Å². The Labute approximate surface area is 137 Å². The lowest BCUT2D eigenvalue weighted by Crippen LogP contribution is -1.88. The summed E-state index contributed by atoms with van der Waals surface area (Å²) in [4.78, 5) is 14.7. The molecule has 0 amide bonds. The van der Waals surface area contributed by atoms with Gasteiger partial charge in [-0.3, -0.25) is 15.1 Å². The van der Waals surface area contributed by atoms with E-state index in [0.29, 0.717) is 5.39 Å². The van der Waals surface area contributed by atoms with Crippen LogP contribution in [0.2, 0.25) is 0 Å². The van der Waals surface area contributed by atoms with Crippen molar-refractivity contribution in [2.24, 2.45) is 0 Å². The van der Waals surface area contributed by atoms with Gasteiger partial charge in [0.1, 0.15) is 5.75 Å². The van der Waals surface area contributed by atoms with Gasteiger partial charge < -0.3 is 5.11 Å². The number of phenolic OH excluding ortho intramolecular Hbond substituents is 1. The lowest BCUT2D eigenvalue weighted by Gasteiger charge is -2.09. The Morgan fingerprint density at radius 2 is 1.62 bits per heavy atom. The van der Waals surface area contributed by atoms with E-state index >= 15 is 0 Å². The van der Waals surface area contributed by atoms with Gasteiger partial charge in [-0.1, -0.05) is 18.2 Å². The van der Waals surface area contributed by atoms with Crippen LogP contribution < -0.4 is 0 Å². The zero-order valence-electron chi connectivity index (χ0n) is 12.5. The highest BCUT2D eigenvalue weighted by Crippen LogP contribution is 2.35. The number of pyridine rings is 1. The molecular formula is C19H12N2O3. The highest BCUT2D eigenvalue weighted by Gasteiger charge is 2.10. The third-order valence-electron chi connectivity index (χ3n) is 4.10. The standard InChI is InChI=1S/C19H12N2O3/c22-19-10-13(12-5-7-14(8-6-12)21(23)24)9-16-15-3-1-2-4-18(15)20-11-17(16)19/h1-11,22H. The molecule has 0 saturated carbocycles. The SMILES string of the molecule is O=[N+]([O-])c1ccc(-c2cc(O)c3cnc4ccccc4c3c2)cc1. The number of rotatable bonds is 2. The molecule has 0 aliphatic rings. The van der Waals surface area contributed by atoms with Gasteiger partial charge in [-0.25, -0.2) is 0 Å². The number of phenols is 1. The minimum Gasteiger partial charge on any atom is -0.507 e. The molecule has 0 bridgehead atoms. The topological polar surface area (TPSA) is 76.3 Å². The molecule has 0 radical (unpaired) electrons. The number of benzene rings is 3. The maximum absolute atomic E-state index is 10.8. The number of non-ortho nitro benzene ring substituents is 1. The van der Waals surface area contributed by atoms with Crippen molar-refractivity contribution in [1.29, 1.82) is 0 Å². The third kappa shape index (κ3) is 2.23. The van der Waals surface area contributed by atoms with Crippen LogP contribution in [0.25, 0.3) is 32.8 Å². The number of aromatic nitrogens is 1. The average Bonchev–Trinajstić information content (AvgIpc) is 2.61. The van der Waals surface area contributed by atoms with Crippen LogP contribution in [-0.4, -0.2) is 15.0 Å². The average molecular weight is 316 g/mol. The predicted molar refractivity (Wildman–Crippen MR) is 93.0 cm³/mol. The van der Waals surface area contributed by atoms with Gasteiger partial charge in [0.15, 0.2) is 0 Å². The summed E-state index contributed by atoms with van der Waals surface area (Å²) in [5, 5.41) is 23.7. The van der Waals surface area contributed by atoms with Crippen molar-refractivity contribution in [3.63, 3.8) is 0 Å². The summed E-state index contributed by atoms with van der Waals surface area (Å²) >= 11 is 0. The van der Waals surface area contributed by atoms with E-state index in [4.69, 9.17) is 0 Å². The lowest BCUT2D eigenvalue weighted by atomic mass is 9.99. The van der Waals surface area contributed by atoms with Gasteiger partial charge in [0.2, 0.25) is 0 Å². The van der Waals surface area contributed by atoms with Crippen molar-refractivity contribution in [2.45, 2.75) is 0 Å². The molecule has 5 nitrogen and oxygen atoms in total. The molecular weight excluding hydrogens is 304 g/mol. The number of para-hydroxylation sites is 1. The second-order valence-corrected chi connectivity index (χ2v) is 5.54. The maximum atomic E-state index is 10.8. The fourth-order valence-electron chi connectivity index (χ4n) is 2.89. The molecule has 3 aromatic carbocycles. The zero-order chi connectivity index (χ0) is 16.7. The fraction of sp³-hybridized carbons (Fsp3) is 0. The predicted octanol–water partition coefficient (Wildman–Crippen LogP) is 4.67. The van der Waals surface area contributed by atoms with E-state index in [1.165, 1.54) is 12.1 Å². The summed E-state index contributed by atoms with van der Waals surface area (Å²) in [5.41, 5.74) is 2.49. The Bertz CT molecular complexity index is 1090. The van der Waals surface area contributed by atoms with Crippen molar-refractivity contribution >= 4 is 27.4 Å². The Kier molecular flexibility index (Phi) is 3.13. The van der Waals surface area contributed by atoms with E-state index in [9.17, 15) is 15.2 Å².